The number of aliphatic hydroxyl groups is 2. The molecule has 1 amide bonds. The number of hydrogen-bond acceptors (Lipinski definition) is 6. The zero-order valence-electron chi connectivity index (χ0n) is 18.8. The highest BCUT2D eigenvalue weighted by molar-refractivity contribution is 6.00. The van der Waals surface area contributed by atoms with Crippen molar-refractivity contribution in [1.29, 1.82) is 0 Å². The highest BCUT2D eigenvalue weighted by atomic mass is 16.5. The van der Waals surface area contributed by atoms with Crippen molar-refractivity contribution >= 4 is 11.7 Å². The lowest BCUT2D eigenvalue weighted by Crippen LogP contribution is -2.39. The van der Waals surface area contributed by atoms with Crippen LogP contribution in [-0.4, -0.2) is 64.5 Å². The Bertz CT molecular complexity index is 1050. The quantitative estimate of drug-likeness (QED) is 0.746. The number of carbonyl (C=O) groups is 1. The predicted molar refractivity (Wildman–Crippen MR) is 121 cm³/mol. The Balaban J connectivity index is 1.26. The third kappa shape index (κ3) is 3.73. The van der Waals surface area contributed by atoms with Crippen molar-refractivity contribution in [2.75, 3.05) is 31.1 Å². The van der Waals surface area contributed by atoms with E-state index in [2.05, 4.69) is 17.0 Å². The number of nitrogens with zero attached hydrogens (tertiary/aromatic N) is 3. The van der Waals surface area contributed by atoms with Crippen LogP contribution in [0.15, 0.2) is 18.2 Å². The van der Waals surface area contributed by atoms with E-state index in [0.29, 0.717) is 25.1 Å². The molecular weight excluding hydrogens is 406 g/mol. The number of amides is 1. The molecule has 1 saturated heterocycles. The number of hydrogen-bond donors (Lipinski definition) is 2. The minimum Gasteiger partial charge on any atom is -0.490 e. The van der Waals surface area contributed by atoms with Gasteiger partial charge in [0.05, 0.1) is 30.5 Å². The maximum Gasteiger partial charge on any atom is 0.256 e. The first kappa shape index (κ1) is 21.2. The van der Waals surface area contributed by atoms with Crippen LogP contribution in [0.1, 0.15) is 51.1 Å². The largest absolute Gasteiger partial charge is 0.490 e. The molecule has 1 aliphatic carbocycles. The summed E-state index contributed by atoms with van der Waals surface area (Å²) in [5.74, 6) is 1.83. The maximum atomic E-state index is 12.7. The lowest BCUT2D eigenvalue weighted by molar-refractivity contribution is 0.0744. The number of aliphatic hydroxyl groups excluding tert-OH is 2. The molecule has 0 radical (unpaired) electrons. The van der Waals surface area contributed by atoms with E-state index in [-0.39, 0.29) is 24.7 Å². The number of β-amino-alcohol motifs (C(OH)–C–C–N with tert-alkyl or cyclic N) is 1. The number of aromatic nitrogens is 1. The minimum atomic E-state index is -0.263. The fourth-order valence-corrected chi connectivity index (χ4v) is 5.28. The van der Waals surface area contributed by atoms with Gasteiger partial charge in [0.2, 0.25) is 0 Å². The standard InChI is InChI=1S/C25H31N3O4/c1-15-16(2)24(26-22-14-28(9-10-29)25(31)23(15)22)27-7-5-20(6-8-27)32-21-4-3-17-11-19(30)12-18(17)13-21/h3-4,13,19-20,29-30H,5-12,14H2,1-2H3/t19-/m1/s1. The van der Waals surface area contributed by atoms with Gasteiger partial charge in [-0.15, -0.1) is 0 Å². The summed E-state index contributed by atoms with van der Waals surface area (Å²) in [4.78, 5) is 21.6. The van der Waals surface area contributed by atoms with Gasteiger partial charge in [0.25, 0.3) is 5.91 Å². The van der Waals surface area contributed by atoms with Gasteiger partial charge < -0.3 is 24.7 Å². The summed E-state index contributed by atoms with van der Waals surface area (Å²) in [6.07, 6.45) is 3.17. The second-order valence-corrected chi connectivity index (χ2v) is 9.25. The zero-order chi connectivity index (χ0) is 22.4. The Hall–Kier alpha value is -2.64. The molecule has 0 unspecified atom stereocenters. The van der Waals surface area contributed by atoms with Crippen LogP contribution in [0.2, 0.25) is 0 Å². The van der Waals surface area contributed by atoms with Crippen LogP contribution in [0.3, 0.4) is 0 Å². The van der Waals surface area contributed by atoms with Gasteiger partial charge in [-0.1, -0.05) is 6.07 Å². The van der Waals surface area contributed by atoms with Crippen molar-refractivity contribution in [3.05, 3.63) is 51.7 Å². The second-order valence-electron chi connectivity index (χ2n) is 9.25. The lowest BCUT2D eigenvalue weighted by atomic mass is 10.0. The molecule has 1 aromatic carbocycles. The fraction of sp³-hybridized carbons (Fsp3) is 0.520. The highest BCUT2D eigenvalue weighted by Gasteiger charge is 2.33. The van der Waals surface area contributed by atoms with E-state index >= 15 is 0 Å². The number of pyridine rings is 1. The summed E-state index contributed by atoms with van der Waals surface area (Å²) in [5, 5.41) is 19.1. The molecule has 0 bridgehead atoms. The summed E-state index contributed by atoms with van der Waals surface area (Å²) in [6.45, 7) is 6.52. The van der Waals surface area contributed by atoms with Crippen LogP contribution in [0.4, 0.5) is 5.82 Å². The molecule has 3 aliphatic rings. The van der Waals surface area contributed by atoms with E-state index in [0.717, 1.165) is 60.7 Å². The summed E-state index contributed by atoms with van der Waals surface area (Å²) in [5.41, 5.74) is 6.00. The summed E-state index contributed by atoms with van der Waals surface area (Å²) in [6, 6.07) is 6.19. The topological polar surface area (TPSA) is 86.1 Å². The average Bonchev–Trinajstić information content (AvgIpc) is 3.30. The van der Waals surface area contributed by atoms with Gasteiger partial charge in [-0.25, -0.2) is 4.98 Å². The number of carbonyl (C=O) groups excluding carboxylic acids is 1. The smallest absolute Gasteiger partial charge is 0.256 e. The third-order valence-corrected chi connectivity index (χ3v) is 7.15. The normalized spacial score (nSPS) is 20.6. The van der Waals surface area contributed by atoms with Gasteiger partial charge in [0.1, 0.15) is 17.7 Å². The molecule has 0 spiro atoms. The molecule has 5 rings (SSSR count). The molecule has 3 heterocycles. The fourth-order valence-electron chi connectivity index (χ4n) is 5.28. The molecule has 7 heteroatoms. The first-order chi connectivity index (χ1) is 15.4. The number of anilines is 1. The van der Waals surface area contributed by atoms with Gasteiger partial charge in [-0.05, 0) is 61.1 Å². The molecule has 7 nitrogen and oxygen atoms in total. The molecule has 170 valence electrons. The van der Waals surface area contributed by atoms with Crippen molar-refractivity contribution in [2.45, 2.75) is 58.3 Å². The van der Waals surface area contributed by atoms with Crippen LogP contribution in [0.25, 0.3) is 0 Å². The number of piperidine rings is 1. The van der Waals surface area contributed by atoms with E-state index < -0.39 is 0 Å². The zero-order valence-corrected chi connectivity index (χ0v) is 18.8. The number of benzene rings is 1. The summed E-state index contributed by atoms with van der Waals surface area (Å²) >= 11 is 0. The van der Waals surface area contributed by atoms with E-state index in [4.69, 9.17) is 9.72 Å². The van der Waals surface area contributed by atoms with Crippen LogP contribution in [-0.2, 0) is 19.4 Å². The molecule has 0 saturated carbocycles. The van der Waals surface area contributed by atoms with Gasteiger partial charge in [0.15, 0.2) is 0 Å². The van der Waals surface area contributed by atoms with Crippen molar-refractivity contribution in [3.8, 4) is 5.75 Å². The Labute approximate surface area is 188 Å². The van der Waals surface area contributed by atoms with E-state index in [1.165, 1.54) is 11.1 Å². The number of fused-ring (bicyclic) bond motifs is 2. The third-order valence-electron chi connectivity index (χ3n) is 7.15. The Morgan fingerprint density at radius 2 is 1.88 bits per heavy atom. The molecule has 1 aromatic heterocycles. The van der Waals surface area contributed by atoms with Crippen LogP contribution < -0.4 is 9.64 Å². The first-order valence-electron chi connectivity index (χ1n) is 11.6. The van der Waals surface area contributed by atoms with E-state index in [9.17, 15) is 15.0 Å². The molecule has 2 N–H and O–H groups in total. The van der Waals surface area contributed by atoms with Crippen molar-refractivity contribution in [3.63, 3.8) is 0 Å². The van der Waals surface area contributed by atoms with Crippen LogP contribution >= 0.6 is 0 Å². The van der Waals surface area contributed by atoms with Crippen LogP contribution in [0.5, 0.6) is 5.75 Å². The van der Waals surface area contributed by atoms with Crippen molar-refractivity contribution in [2.24, 2.45) is 0 Å². The molecule has 1 atom stereocenters. The number of ether oxygens (including phenoxy) is 1. The Kier molecular flexibility index (Phi) is 5.55. The van der Waals surface area contributed by atoms with Crippen molar-refractivity contribution in [1.82, 2.24) is 9.88 Å². The molecule has 2 aliphatic heterocycles. The highest BCUT2D eigenvalue weighted by Crippen LogP contribution is 2.33. The second kappa shape index (κ2) is 8.37. The van der Waals surface area contributed by atoms with Crippen molar-refractivity contribution < 1.29 is 19.7 Å². The average molecular weight is 438 g/mol. The lowest BCUT2D eigenvalue weighted by Gasteiger charge is -2.34. The SMILES string of the molecule is Cc1c(N2CCC(Oc3ccc4c(c3)C[C@H](O)C4)CC2)nc2c(c1C)C(=O)N(CCO)C2. The molecular formula is C25H31N3O4. The maximum absolute atomic E-state index is 12.7. The predicted octanol–water partition coefficient (Wildman–Crippen LogP) is 2.15. The van der Waals surface area contributed by atoms with Crippen LogP contribution in [0, 0.1) is 13.8 Å². The van der Waals surface area contributed by atoms with E-state index in [1.807, 2.05) is 19.9 Å². The molecule has 1 fully saturated rings. The number of rotatable bonds is 5. The molecule has 2 aromatic rings. The molecule has 32 heavy (non-hydrogen) atoms. The first-order valence-corrected chi connectivity index (χ1v) is 11.6. The monoisotopic (exact) mass is 437 g/mol. The van der Waals surface area contributed by atoms with Gasteiger partial charge in [-0.2, -0.15) is 0 Å². The van der Waals surface area contributed by atoms with E-state index in [1.54, 1.807) is 4.90 Å². The van der Waals surface area contributed by atoms with Gasteiger partial charge in [0, 0.05) is 32.5 Å². The summed E-state index contributed by atoms with van der Waals surface area (Å²) < 4.78 is 6.28. The summed E-state index contributed by atoms with van der Waals surface area (Å²) in [7, 11) is 0. The Morgan fingerprint density at radius 3 is 2.62 bits per heavy atom. The van der Waals surface area contributed by atoms with Gasteiger partial charge in [-0.3, -0.25) is 4.79 Å². The van der Waals surface area contributed by atoms with Gasteiger partial charge >= 0.3 is 0 Å². The Morgan fingerprint density at radius 1 is 1.12 bits per heavy atom. The minimum absolute atomic E-state index is 0.0253.